The van der Waals surface area contributed by atoms with Crippen molar-refractivity contribution in [3.8, 4) is 0 Å². The lowest BCUT2D eigenvalue weighted by Gasteiger charge is -2.03. The maximum Gasteiger partial charge on any atom is 0.333 e. The maximum absolute atomic E-state index is 10.8. The molecule has 0 aliphatic rings. The van der Waals surface area contributed by atoms with Gasteiger partial charge in [0, 0.05) is 12.0 Å². The van der Waals surface area contributed by atoms with Gasteiger partial charge in [0.1, 0.15) is 8.96 Å². The van der Waals surface area contributed by atoms with Gasteiger partial charge in [-0.25, -0.2) is 4.79 Å². The topological polar surface area (TPSA) is 47.6 Å². The van der Waals surface area contributed by atoms with E-state index in [4.69, 9.17) is 21.0 Å². The Morgan fingerprint density at radius 2 is 2.31 bits per heavy atom. The average Bonchev–Trinajstić information content (AvgIpc) is 2.10. The summed E-state index contributed by atoms with van der Waals surface area (Å²) in [5.74, 6) is -0.363. The molecule has 76 valence electrons. The summed E-state index contributed by atoms with van der Waals surface area (Å²) in [5, 5.41) is 0. The van der Waals surface area contributed by atoms with Crippen LogP contribution in [-0.4, -0.2) is 19.2 Å². The maximum atomic E-state index is 10.8. The van der Waals surface area contributed by atoms with Gasteiger partial charge in [-0.3, -0.25) is 0 Å². The predicted octanol–water partition coefficient (Wildman–Crippen LogP) is 1.76. The van der Waals surface area contributed by atoms with Crippen molar-refractivity contribution in [2.75, 3.05) is 13.2 Å². The van der Waals surface area contributed by atoms with E-state index in [1.165, 1.54) is 0 Å². The quantitative estimate of drug-likeness (QED) is 0.236. The highest BCUT2D eigenvalue weighted by Gasteiger charge is 2.01. The molecule has 4 nitrogen and oxygen atoms in total. The minimum Gasteiger partial charge on any atom is -0.462 e. The fourth-order valence-electron chi connectivity index (χ4n) is 0.497. The Morgan fingerprint density at radius 1 is 1.62 bits per heavy atom. The molecule has 0 heterocycles. The van der Waals surface area contributed by atoms with Crippen molar-refractivity contribution < 1.29 is 14.1 Å². The molecular formula is C7H13ClNO3P. The Balaban J connectivity index is 3.16. The van der Waals surface area contributed by atoms with Crippen molar-refractivity contribution in [3.05, 3.63) is 12.2 Å². The highest BCUT2D eigenvalue weighted by atomic mass is 35.5. The van der Waals surface area contributed by atoms with Gasteiger partial charge in [-0.2, -0.15) is 4.61 Å². The normalized spacial score (nSPS) is 10.6. The lowest BCUT2D eigenvalue weighted by atomic mass is 10.4. The van der Waals surface area contributed by atoms with Crippen molar-refractivity contribution in [2.24, 2.45) is 0 Å². The summed E-state index contributed by atoms with van der Waals surface area (Å²) >= 11 is 5.15. The molecular weight excluding hydrogens is 213 g/mol. The molecule has 0 aromatic heterocycles. The van der Waals surface area contributed by atoms with Gasteiger partial charge in [0.05, 0.1) is 13.2 Å². The van der Waals surface area contributed by atoms with Crippen molar-refractivity contribution in [1.82, 2.24) is 4.61 Å². The van der Waals surface area contributed by atoms with Crippen LogP contribution in [0.1, 0.15) is 13.3 Å². The van der Waals surface area contributed by atoms with E-state index >= 15 is 0 Å². The largest absolute Gasteiger partial charge is 0.462 e. The molecule has 0 bridgehead atoms. The summed E-state index contributed by atoms with van der Waals surface area (Å²) in [5.41, 5.74) is 0.408. The first kappa shape index (κ1) is 12.8. The lowest BCUT2D eigenvalue weighted by Crippen LogP contribution is -2.07. The molecule has 0 radical (unpaired) electrons. The lowest BCUT2D eigenvalue weighted by molar-refractivity contribution is -0.139. The van der Waals surface area contributed by atoms with Gasteiger partial charge in [0.2, 0.25) is 0 Å². The number of hydrogen-bond acceptors (Lipinski definition) is 4. The fraction of sp³-hybridized carbons (Fsp3) is 0.571. The Labute approximate surface area is 84.7 Å². The second-order valence-corrected chi connectivity index (χ2v) is 3.56. The summed E-state index contributed by atoms with van der Waals surface area (Å²) < 4.78 is 12.2. The highest BCUT2D eigenvalue weighted by molar-refractivity contribution is 7.31. The van der Waals surface area contributed by atoms with Gasteiger partial charge in [-0.05, 0) is 18.7 Å². The van der Waals surface area contributed by atoms with E-state index < -0.39 is 0 Å². The van der Waals surface area contributed by atoms with E-state index in [-0.39, 0.29) is 14.9 Å². The van der Waals surface area contributed by atoms with Crippen LogP contribution >= 0.6 is 20.7 Å². The molecule has 1 N–H and O–H groups in total. The van der Waals surface area contributed by atoms with E-state index in [0.29, 0.717) is 25.2 Å². The summed E-state index contributed by atoms with van der Waals surface area (Å²) in [6, 6.07) is 0. The zero-order valence-electron chi connectivity index (χ0n) is 7.43. The third-order valence-electron chi connectivity index (χ3n) is 1.08. The second kappa shape index (κ2) is 8.45. The van der Waals surface area contributed by atoms with Crippen LogP contribution in [0.5, 0.6) is 0 Å². The number of esters is 1. The van der Waals surface area contributed by atoms with Crippen LogP contribution in [0.15, 0.2) is 12.2 Å². The van der Waals surface area contributed by atoms with Crippen LogP contribution in [0.25, 0.3) is 0 Å². The van der Waals surface area contributed by atoms with Crippen LogP contribution < -0.4 is 4.61 Å². The summed E-state index contributed by atoms with van der Waals surface area (Å²) in [4.78, 5) is 10.8. The number of hydrogen-bond donors (Lipinski definition) is 1. The molecule has 0 saturated heterocycles. The van der Waals surface area contributed by atoms with Gasteiger partial charge in [-0.1, -0.05) is 6.58 Å². The van der Waals surface area contributed by atoms with Gasteiger partial charge in [0.25, 0.3) is 0 Å². The highest BCUT2D eigenvalue weighted by Crippen LogP contribution is 2.06. The van der Waals surface area contributed by atoms with Crippen LogP contribution in [0, 0.1) is 0 Å². The van der Waals surface area contributed by atoms with Gasteiger partial charge >= 0.3 is 5.97 Å². The van der Waals surface area contributed by atoms with Crippen LogP contribution in [-0.2, 0) is 14.1 Å². The molecule has 0 rings (SSSR count). The third kappa shape index (κ3) is 8.19. The summed E-state index contributed by atoms with van der Waals surface area (Å²) in [7, 11) is 0.0734. The first-order valence-electron chi connectivity index (χ1n) is 3.73. The zero-order chi connectivity index (χ0) is 10.1. The minimum absolute atomic E-state index is 0.0734. The first-order chi connectivity index (χ1) is 6.18. The molecule has 6 heteroatoms. The summed E-state index contributed by atoms with van der Waals surface area (Å²) in [6.07, 6.45) is 0.657. The molecule has 0 spiro atoms. The number of ether oxygens (including phenoxy) is 1. The molecule has 0 saturated carbocycles. The molecule has 1 atom stereocenters. The second-order valence-electron chi connectivity index (χ2n) is 2.31. The van der Waals surface area contributed by atoms with Gasteiger partial charge < -0.3 is 9.26 Å². The molecule has 0 aliphatic heterocycles. The van der Waals surface area contributed by atoms with E-state index in [1.807, 2.05) is 0 Å². The van der Waals surface area contributed by atoms with E-state index in [2.05, 4.69) is 11.2 Å². The smallest absolute Gasteiger partial charge is 0.333 e. The first-order valence-corrected chi connectivity index (χ1v) is 5.02. The molecule has 1 unspecified atom stereocenters. The SMILES string of the molecule is C=C(C)C(=O)OCCCOPNCl. The van der Waals surface area contributed by atoms with Crippen molar-refractivity contribution in [1.29, 1.82) is 0 Å². The van der Waals surface area contributed by atoms with Crippen molar-refractivity contribution >= 4 is 26.7 Å². The third-order valence-corrected chi connectivity index (χ3v) is 1.74. The van der Waals surface area contributed by atoms with E-state index in [9.17, 15) is 4.79 Å². The van der Waals surface area contributed by atoms with E-state index in [1.54, 1.807) is 6.92 Å². The van der Waals surface area contributed by atoms with Crippen LogP contribution in [0.2, 0.25) is 0 Å². The van der Waals surface area contributed by atoms with Gasteiger partial charge in [-0.15, -0.1) is 0 Å². The Morgan fingerprint density at radius 3 is 2.85 bits per heavy atom. The number of nitrogens with one attached hydrogen (secondary N) is 1. The number of carbonyl (C=O) groups is 1. The monoisotopic (exact) mass is 225 g/mol. The fourth-order valence-corrected chi connectivity index (χ4v) is 0.962. The Bertz CT molecular complexity index is 177. The zero-order valence-corrected chi connectivity index (χ0v) is 9.19. The average molecular weight is 226 g/mol. The standard InChI is InChI=1S/C7H13ClNO3P/c1-6(2)7(10)11-4-3-5-12-13-9-8/h9,13H,1,3-5H2,2H3. The molecule has 0 aliphatic carbocycles. The Kier molecular flexibility index (Phi) is 8.35. The van der Waals surface area contributed by atoms with E-state index in [0.717, 1.165) is 0 Å². The van der Waals surface area contributed by atoms with Gasteiger partial charge in [0.15, 0.2) is 0 Å². The van der Waals surface area contributed by atoms with Crippen molar-refractivity contribution in [2.45, 2.75) is 13.3 Å². The molecule has 13 heavy (non-hydrogen) atoms. The number of halogens is 1. The molecule has 0 fully saturated rings. The number of rotatable bonds is 7. The van der Waals surface area contributed by atoms with Crippen LogP contribution in [0.3, 0.4) is 0 Å². The molecule has 0 aromatic rings. The number of carbonyl (C=O) groups excluding carboxylic acids is 1. The Hall–Kier alpha value is -0.150. The van der Waals surface area contributed by atoms with Crippen LogP contribution in [0.4, 0.5) is 0 Å². The molecule has 0 aromatic carbocycles. The molecule has 0 amide bonds. The predicted molar refractivity (Wildman–Crippen MR) is 53.6 cm³/mol. The minimum atomic E-state index is -0.363. The summed E-state index contributed by atoms with van der Waals surface area (Å²) in [6.45, 7) is 5.92. The van der Waals surface area contributed by atoms with Crippen molar-refractivity contribution in [3.63, 3.8) is 0 Å².